The Labute approximate surface area is 74.2 Å². The van der Waals surface area contributed by atoms with Crippen LogP contribution < -0.4 is 5.32 Å². The smallest absolute Gasteiger partial charge is 0.356 e. The summed E-state index contributed by atoms with van der Waals surface area (Å²) >= 11 is 5.58. The molecule has 0 saturated carbocycles. The molecule has 0 radical (unpaired) electrons. The number of carbonyl (C=O) groups is 1. The number of aromatic carboxylic acids is 1. The number of nitrogens with zero attached hydrogens (tertiary/aromatic N) is 1. The highest BCUT2D eigenvalue weighted by atomic mass is 35.5. The maximum atomic E-state index is 10.5. The van der Waals surface area contributed by atoms with Gasteiger partial charge in [0.1, 0.15) is 5.82 Å². The standard InChI is InChI=1S/C7H7ClN2O2/c1-9-5-3-2-4(8)6(10-5)7(11)12/h2-3H,1H3,(H,9,10)(H,11,12). The number of aromatic nitrogens is 1. The lowest BCUT2D eigenvalue weighted by Crippen LogP contribution is -2.03. The number of hydrogen-bond donors (Lipinski definition) is 2. The van der Waals surface area contributed by atoms with E-state index in [1.807, 2.05) is 0 Å². The van der Waals surface area contributed by atoms with E-state index in [0.717, 1.165) is 0 Å². The van der Waals surface area contributed by atoms with Gasteiger partial charge in [-0.3, -0.25) is 0 Å². The summed E-state index contributed by atoms with van der Waals surface area (Å²) in [6, 6.07) is 3.10. The Bertz CT molecular complexity index is 314. The van der Waals surface area contributed by atoms with E-state index in [4.69, 9.17) is 16.7 Å². The first-order valence-electron chi connectivity index (χ1n) is 3.22. The zero-order chi connectivity index (χ0) is 9.14. The molecule has 1 aromatic heterocycles. The monoisotopic (exact) mass is 186 g/mol. The number of rotatable bonds is 2. The zero-order valence-corrected chi connectivity index (χ0v) is 7.09. The topological polar surface area (TPSA) is 62.2 Å². The lowest BCUT2D eigenvalue weighted by molar-refractivity contribution is 0.0691. The maximum absolute atomic E-state index is 10.5. The number of carboxylic acids is 1. The van der Waals surface area contributed by atoms with E-state index in [1.54, 1.807) is 13.1 Å². The third-order valence-corrected chi connectivity index (χ3v) is 1.61. The molecule has 12 heavy (non-hydrogen) atoms. The molecule has 2 N–H and O–H groups in total. The predicted molar refractivity (Wildman–Crippen MR) is 45.8 cm³/mol. The molecule has 0 saturated heterocycles. The van der Waals surface area contributed by atoms with Crippen molar-refractivity contribution in [2.45, 2.75) is 0 Å². The predicted octanol–water partition coefficient (Wildman–Crippen LogP) is 1.47. The van der Waals surface area contributed by atoms with Gasteiger partial charge in [-0.2, -0.15) is 0 Å². The van der Waals surface area contributed by atoms with Gasteiger partial charge >= 0.3 is 5.97 Å². The molecule has 0 aliphatic rings. The molecule has 0 fully saturated rings. The van der Waals surface area contributed by atoms with Gasteiger partial charge in [-0.15, -0.1) is 0 Å². The van der Waals surface area contributed by atoms with Crippen molar-refractivity contribution < 1.29 is 9.90 Å². The van der Waals surface area contributed by atoms with Crippen LogP contribution in [0.15, 0.2) is 12.1 Å². The second kappa shape index (κ2) is 3.40. The Morgan fingerprint density at radius 1 is 1.67 bits per heavy atom. The first-order valence-corrected chi connectivity index (χ1v) is 3.60. The molecule has 1 aromatic rings. The lowest BCUT2D eigenvalue weighted by atomic mass is 10.3. The summed E-state index contributed by atoms with van der Waals surface area (Å²) in [6.07, 6.45) is 0. The fourth-order valence-electron chi connectivity index (χ4n) is 0.731. The first-order chi connectivity index (χ1) is 5.65. The van der Waals surface area contributed by atoms with Crippen LogP contribution in [0.4, 0.5) is 5.82 Å². The van der Waals surface area contributed by atoms with E-state index < -0.39 is 5.97 Å². The SMILES string of the molecule is CNc1ccc(Cl)c(C(=O)O)n1. The van der Waals surface area contributed by atoms with Crippen LogP contribution in [0, 0.1) is 0 Å². The van der Waals surface area contributed by atoms with Crippen LogP contribution in [0.2, 0.25) is 5.02 Å². The zero-order valence-electron chi connectivity index (χ0n) is 6.34. The van der Waals surface area contributed by atoms with Gasteiger partial charge in [-0.1, -0.05) is 11.6 Å². The minimum atomic E-state index is -1.13. The molecule has 1 heterocycles. The van der Waals surface area contributed by atoms with Gasteiger partial charge in [-0.05, 0) is 12.1 Å². The van der Waals surface area contributed by atoms with Gasteiger partial charge in [0.25, 0.3) is 0 Å². The highest BCUT2D eigenvalue weighted by Crippen LogP contribution is 2.15. The molecule has 4 nitrogen and oxygen atoms in total. The van der Waals surface area contributed by atoms with Crippen molar-refractivity contribution in [3.63, 3.8) is 0 Å². The van der Waals surface area contributed by atoms with Crippen molar-refractivity contribution in [2.75, 3.05) is 12.4 Å². The molecule has 5 heteroatoms. The van der Waals surface area contributed by atoms with Crippen LogP contribution in [-0.2, 0) is 0 Å². The Kier molecular flexibility index (Phi) is 2.50. The van der Waals surface area contributed by atoms with Crippen LogP contribution in [0.5, 0.6) is 0 Å². The van der Waals surface area contributed by atoms with Gasteiger partial charge in [0, 0.05) is 7.05 Å². The van der Waals surface area contributed by atoms with Crippen molar-refractivity contribution in [2.24, 2.45) is 0 Å². The Morgan fingerprint density at radius 3 is 2.83 bits per heavy atom. The first kappa shape index (κ1) is 8.80. The van der Waals surface area contributed by atoms with Gasteiger partial charge in [0.2, 0.25) is 0 Å². The summed E-state index contributed by atoms with van der Waals surface area (Å²) in [5.74, 6) is -0.645. The molecule has 0 bridgehead atoms. The number of anilines is 1. The quantitative estimate of drug-likeness (QED) is 0.735. The van der Waals surface area contributed by atoms with E-state index in [0.29, 0.717) is 5.82 Å². The third kappa shape index (κ3) is 1.65. The number of pyridine rings is 1. The fraction of sp³-hybridized carbons (Fsp3) is 0.143. The van der Waals surface area contributed by atoms with Gasteiger partial charge in [-0.25, -0.2) is 9.78 Å². The fourth-order valence-corrected chi connectivity index (χ4v) is 0.917. The van der Waals surface area contributed by atoms with Crippen molar-refractivity contribution >= 4 is 23.4 Å². The van der Waals surface area contributed by atoms with Crippen LogP contribution in [0.25, 0.3) is 0 Å². The van der Waals surface area contributed by atoms with Gasteiger partial charge < -0.3 is 10.4 Å². The summed E-state index contributed by atoms with van der Waals surface area (Å²) in [5.41, 5.74) is -0.136. The molecule has 0 spiro atoms. The number of halogens is 1. The van der Waals surface area contributed by atoms with Crippen molar-refractivity contribution in [3.8, 4) is 0 Å². The largest absolute Gasteiger partial charge is 0.476 e. The van der Waals surface area contributed by atoms with Crippen molar-refractivity contribution in [1.82, 2.24) is 4.98 Å². The minimum absolute atomic E-state index is 0.136. The Hall–Kier alpha value is -1.29. The second-order valence-electron chi connectivity index (χ2n) is 2.08. The molecular formula is C7H7ClN2O2. The number of hydrogen-bond acceptors (Lipinski definition) is 3. The average Bonchev–Trinajstić information content (AvgIpc) is 2.05. The van der Waals surface area contributed by atoms with Crippen molar-refractivity contribution in [3.05, 3.63) is 22.8 Å². The van der Waals surface area contributed by atoms with Gasteiger partial charge in [0.15, 0.2) is 5.69 Å². The Morgan fingerprint density at radius 2 is 2.33 bits per heavy atom. The highest BCUT2D eigenvalue weighted by Gasteiger charge is 2.10. The molecule has 0 amide bonds. The summed E-state index contributed by atoms with van der Waals surface area (Å²) in [7, 11) is 1.65. The van der Waals surface area contributed by atoms with Crippen LogP contribution in [0.3, 0.4) is 0 Å². The Balaban J connectivity index is 3.17. The summed E-state index contributed by atoms with van der Waals surface area (Å²) in [6.45, 7) is 0. The third-order valence-electron chi connectivity index (χ3n) is 1.30. The molecule has 0 aliphatic carbocycles. The summed E-state index contributed by atoms with van der Waals surface area (Å²) in [5, 5.41) is 11.5. The minimum Gasteiger partial charge on any atom is -0.476 e. The number of carboxylic acid groups (broad SMARTS) is 1. The van der Waals surface area contributed by atoms with Gasteiger partial charge in [0.05, 0.1) is 5.02 Å². The average molecular weight is 187 g/mol. The molecule has 1 rings (SSSR count). The molecule has 0 aromatic carbocycles. The summed E-state index contributed by atoms with van der Waals surface area (Å²) < 4.78 is 0. The highest BCUT2D eigenvalue weighted by molar-refractivity contribution is 6.33. The molecule has 64 valence electrons. The van der Waals surface area contributed by atoms with Crippen molar-refractivity contribution in [1.29, 1.82) is 0 Å². The normalized spacial score (nSPS) is 9.50. The van der Waals surface area contributed by atoms with E-state index >= 15 is 0 Å². The maximum Gasteiger partial charge on any atom is 0.356 e. The summed E-state index contributed by atoms with van der Waals surface area (Å²) in [4.78, 5) is 14.3. The lowest BCUT2D eigenvalue weighted by Gasteiger charge is -2.01. The molecule has 0 unspecified atom stereocenters. The van der Waals surface area contributed by atoms with Crippen LogP contribution in [-0.4, -0.2) is 23.1 Å². The molecule has 0 aliphatic heterocycles. The van der Waals surface area contributed by atoms with E-state index in [1.165, 1.54) is 6.07 Å². The van der Waals surface area contributed by atoms with Crippen LogP contribution in [0.1, 0.15) is 10.5 Å². The van der Waals surface area contributed by atoms with E-state index in [-0.39, 0.29) is 10.7 Å². The molecular weight excluding hydrogens is 180 g/mol. The van der Waals surface area contributed by atoms with E-state index in [2.05, 4.69) is 10.3 Å². The number of nitrogens with one attached hydrogen (secondary N) is 1. The second-order valence-corrected chi connectivity index (χ2v) is 2.49. The molecule has 0 atom stereocenters. The van der Waals surface area contributed by atoms with E-state index in [9.17, 15) is 4.79 Å². The van der Waals surface area contributed by atoms with Crippen LogP contribution >= 0.6 is 11.6 Å².